The van der Waals surface area contributed by atoms with Crippen molar-refractivity contribution in [3.05, 3.63) is 23.4 Å². The molecular weight excluding hydrogens is 184 g/mol. The molecule has 2 nitrogen and oxygen atoms in total. The normalized spacial score (nSPS) is 16.4. The van der Waals surface area contributed by atoms with Crippen molar-refractivity contribution < 1.29 is 0 Å². The fourth-order valence-electron chi connectivity index (χ4n) is 2.17. The second-order valence-electron chi connectivity index (χ2n) is 4.76. The zero-order valence-corrected chi connectivity index (χ0v) is 9.95. The van der Waals surface area contributed by atoms with Crippen LogP contribution >= 0.6 is 0 Å². The zero-order chi connectivity index (χ0) is 10.8. The van der Waals surface area contributed by atoms with E-state index >= 15 is 0 Å². The molecule has 0 amide bonds. The fourth-order valence-corrected chi connectivity index (χ4v) is 2.17. The molecule has 2 heterocycles. The van der Waals surface area contributed by atoms with Crippen molar-refractivity contribution in [3.63, 3.8) is 0 Å². The van der Waals surface area contributed by atoms with Crippen LogP contribution in [0.4, 0.5) is 5.82 Å². The van der Waals surface area contributed by atoms with Gasteiger partial charge in [-0.3, -0.25) is 0 Å². The Morgan fingerprint density at radius 3 is 2.47 bits per heavy atom. The van der Waals surface area contributed by atoms with E-state index in [9.17, 15) is 0 Å². The predicted molar refractivity (Wildman–Crippen MR) is 64.5 cm³/mol. The van der Waals surface area contributed by atoms with Crippen LogP contribution in [0.2, 0.25) is 0 Å². The Morgan fingerprint density at radius 1 is 1.27 bits per heavy atom. The van der Waals surface area contributed by atoms with Gasteiger partial charge in [-0.15, -0.1) is 0 Å². The number of hydrogen-bond acceptors (Lipinski definition) is 2. The van der Waals surface area contributed by atoms with Gasteiger partial charge >= 0.3 is 0 Å². The third-order valence-corrected chi connectivity index (χ3v) is 3.14. The molecule has 0 spiro atoms. The molecule has 0 saturated carbocycles. The second kappa shape index (κ2) is 4.21. The Kier molecular flexibility index (Phi) is 2.94. The first-order valence-electron chi connectivity index (χ1n) is 5.90. The number of hydrogen-bond donors (Lipinski definition) is 0. The number of anilines is 1. The smallest absolute Gasteiger partial charge is 0.131 e. The minimum absolute atomic E-state index is 0.573. The number of pyridine rings is 1. The summed E-state index contributed by atoms with van der Waals surface area (Å²) in [6, 6.07) is 2.28. The standard InChI is InChI=1S/C13H20N2/c1-10(2)12-8-11(3)13(14-9-12)15-6-4-5-7-15/h8-10H,4-7H2,1-3H3. The number of nitrogens with zero attached hydrogens (tertiary/aromatic N) is 2. The van der Waals surface area contributed by atoms with Gasteiger partial charge in [0.2, 0.25) is 0 Å². The van der Waals surface area contributed by atoms with Crippen LogP contribution in [0.1, 0.15) is 43.7 Å². The van der Waals surface area contributed by atoms with E-state index < -0.39 is 0 Å². The van der Waals surface area contributed by atoms with Crippen molar-refractivity contribution in [1.29, 1.82) is 0 Å². The van der Waals surface area contributed by atoms with Crippen molar-refractivity contribution >= 4 is 5.82 Å². The highest BCUT2D eigenvalue weighted by atomic mass is 15.2. The van der Waals surface area contributed by atoms with Crippen LogP contribution in [0.15, 0.2) is 12.3 Å². The highest BCUT2D eigenvalue weighted by Gasteiger charge is 2.15. The van der Waals surface area contributed by atoms with E-state index in [2.05, 4.69) is 36.7 Å². The molecule has 1 aliphatic heterocycles. The van der Waals surface area contributed by atoms with Gasteiger partial charge in [0.05, 0.1) is 0 Å². The van der Waals surface area contributed by atoms with Crippen LogP contribution < -0.4 is 4.90 Å². The Morgan fingerprint density at radius 2 is 1.93 bits per heavy atom. The molecule has 0 aliphatic carbocycles. The SMILES string of the molecule is Cc1cc(C(C)C)cnc1N1CCCC1. The lowest BCUT2D eigenvalue weighted by atomic mass is 10.0. The highest BCUT2D eigenvalue weighted by molar-refractivity contribution is 5.48. The fraction of sp³-hybridized carbons (Fsp3) is 0.615. The quantitative estimate of drug-likeness (QED) is 0.736. The van der Waals surface area contributed by atoms with Gasteiger partial charge in [-0.25, -0.2) is 4.98 Å². The molecule has 1 aromatic heterocycles. The zero-order valence-electron chi connectivity index (χ0n) is 9.95. The van der Waals surface area contributed by atoms with Gasteiger partial charge in [0.15, 0.2) is 0 Å². The van der Waals surface area contributed by atoms with E-state index in [1.807, 2.05) is 6.20 Å². The van der Waals surface area contributed by atoms with Crippen molar-refractivity contribution in [1.82, 2.24) is 4.98 Å². The molecule has 0 atom stereocenters. The molecule has 0 N–H and O–H groups in total. The van der Waals surface area contributed by atoms with E-state index in [1.165, 1.54) is 42.9 Å². The molecule has 1 saturated heterocycles. The highest BCUT2D eigenvalue weighted by Crippen LogP contribution is 2.24. The van der Waals surface area contributed by atoms with E-state index in [0.29, 0.717) is 5.92 Å². The maximum absolute atomic E-state index is 4.61. The third-order valence-electron chi connectivity index (χ3n) is 3.14. The average Bonchev–Trinajstić information content (AvgIpc) is 2.70. The molecule has 2 heteroatoms. The lowest BCUT2D eigenvalue weighted by molar-refractivity contribution is 0.846. The van der Waals surface area contributed by atoms with Crippen LogP contribution in [0.3, 0.4) is 0 Å². The molecule has 0 radical (unpaired) electrons. The number of aryl methyl sites for hydroxylation is 1. The summed E-state index contributed by atoms with van der Waals surface area (Å²) < 4.78 is 0. The van der Waals surface area contributed by atoms with Gasteiger partial charge < -0.3 is 4.90 Å². The van der Waals surface area contributed by atoms with Crippen LogP contribution in [-0.2, 0) is 0 Å². The van der Waals surface area contributed by atoms with Gasteiger partial charge in [-0.2, -0.15) is 0 Å². The van der Waals surface area contributed by atoms with Crippen molar-refractivity contribution in [2.75, 3.05) is 18.0 Å². The van der Waals surface area contributed by atoms with Crippen molar-refractivity contribution in [2.45, 2.75) is 39.5 Å². The summed E-state index contributed by atoms with van der Waals surface area (Å²) in [6.45, 7) is 8.95. The molecule has 15 heavy (non-hydrogen) atoms. The molecule has 0 unspecified atom stereocenters. The van der Waals surface area contributed by atoms with Crippen LogP contribution in [0.25, 0.3) is 0 Å². The van der Waals surface area contributed by atoms with Gasteiger partial charge in [0, 0.05) is 19.3 Å². The van der Waals surface area contributed by atoms with Gasteiger partial charge in [0.25, 0.3) is 0 Å². The maximum Gasteiger partial charge on any atom is 0.131 e. The van der Waals surface area contributed by atoms with Gasteiger partial charge in [0.1, 0.15) is 5.82 Å². The summed E-state index contributed by atoms with van der Waals surface area (Å²) in [5.41, 5.74) is 2.67. The first-order valence-corrected chi connectivity index (χ1v) is 5.90. The molecule has 82 valence electrons. The maximum atomic E-state index is 4.61. The van der Waals surface area contributed by atoms with Crippen LogP contribution in [-0.4, -0.2) is 18.1 Å². The summed E-state index contributed by atoms with van der Waals surface area (Å²) in [4.78, 5) is 7.01. The molecule has 1 aliphatic rings. The lowest BCUT2D eigenvalue weighted by Gasteiger charge is -2.19. The van der Waals surface area contributed by atoms with E-state index in [1.54, 1.807) is 0 Å². The van der Waals surface area contributed by atoms with Gasteiger partial charge in [-0.1, -0.05) is 19.9 Å². The minimum atomic E-state index is 0.573. The van der Waals surface area contributed by atoms with E-state index in [4.69, 9.17) is 0 Å². The average molecular weight is 204 g/mol. The Hall–Kier alpha value is -1.05. The Bertz CT molecular complexity index is 338. The van der Waals surface area contributed by atoms with Gasteiger partial charge in [-0.05, 0) is 36.8 Å². The summed E-state index contributed by atoms with van der Waals surface area (Å²) >= 11 is 0. The first-order chi connectivity index (χ1) is 7.18. The molecule has 2 rings (SSSR count). The minimum Gasteiger partial charge on any atom is -0.356 e. The predicted octanol–water partition coefficient (Wildman–Crippen LogP) is 3.11. The van der Waals surface area contributed by atoms with E-state index in [0.717, 1.165) is 0 Å². The number of aromatic nitrogens is 1. The summed E-state index contributed by atoms with van der Waals surface area (Å²) in [7, 11) is 0. The first kappa shape index (κ1) is 10.5. The summed E-state index contributed by atoms with van der Waals surface area (Å²) in [6.07, 6.45) is 4.66. The molecule has 1 aromatic rings. The van der Waals surface area contributed by atoms with Crippen LogP contribution in [0, 0.1) is 6.92 Å². The second-order valence-corrected chi connectivity index (χ2v) is 4.76. The van der Waals surface area contributed by atoms with E-state index in [-0.39, 0.29) is 0 Å². The summed E-state index contributed by atoms with van der Waals surface area (Å²) in [5, 5.41) is 0. The lowest BCUT2D eigenvalue weighted by Crippen LogP contribution is -2.20. The van der Waals surface area contributed by atoms with Crippen LogP contribution in [0.5, 0.6) is 0 Å². The largest absolute Gasteiger partial charge is 0.356 e. The monoisotopic (exact) mass is 204 g/mol. The number of rotatable bonds is 2. The molecule has 0 bridgehead atoms. The summed E-state index contributed by atoms with van der Waals surface area (Å²) in [5.74, 6) is 1.76. The molecular formula is C13H20N2. The van der Waals surface area contributed by atoms with Crippen molar-refractivity contribution in [2.24, 2.45) is 0 Å². The Labute approximate surface area is 92.3 Å². The Balaban J connectivity index is 2.25. The third kappa shape index (κ3) is 2.14. The van der Waals surface area contributed by atoms with Crippen molar-refractivity contribution in [3.8, 4) is 0 Å². The molecule has 0 aromatic carbocycles. The topological polar surface area (TPSA) is 16.1 Å². The molecule has 1 fully saturated rings.